The average molecular weight is 275 g/mol. The molecule has 0 radical (unpaired) electrons. The van der Waals surface area contributed by atoms with Gasteiger partial charge in [0.1, 0.15) is 0 Å². The van der Waals surface area contributed by atoms with Crippen molar-refractivity contribution in [1.82, 2.24) is 0 Å². The summed E-state index contributed by atoms with van der Waals surface area (Å²) in [6.45, 7) is 8.33. The van der Waals surface area contributed by atoms with E-state index in [1.807, 2.05) is 19.1 Å². The molecule has 0 spiro atoms. The van der Waals surface area contributed by atoms with E-state index in [9.17, 15) is 4.79 Å². The van der Waals surface area contributed by atoms with E-state index in [0.29, 0.717) is 0 Å². The van der Waals surface area contributed by atoms with Crippen LogP contribution in [0.15, 0.2) is 12.1 Å². The quantitative estimate of drug-likeness (QED) is 0.588. The Balaban J connectivity index is 2.95. The number of halogens is 1. The van der Waals surface area contributed by atoms with E-state index in [2.05, 4.69) is 36.7 Å². The first-order valence-electron chi connectivity index (χ1n) is 4.61. The molecule has 78 valence electrons. The lowest BCUT2D eigenvalue weighted by Gasteiger charge is -2.15. The Morgan fingerprint density at radius 3 is 2.36 bits per heavy atom. The average Bonchev–Trinajstić information content (AvgIpc) is 2.49. The Labute approximate surface area is 97.7 Å². The molecule has 1 heterocycles. The Kier molecular flexibility index (Phi) is 3.53. The highest BCUT2D eigenvalue weighted by atomic mass is 79.9. The number of hydrogen-bond acceptors (Lipinski definition) is 2. The predicted molar refractivity (Wildman–Crippen MR) is 65.7 cm³/mol. The monoisotopic (exact) mass is 274 g/mol. The Hall–Kier alpha value is -0.150. The molecule has 1 aromatic heterocycles. The Morgan fingerprint density at radius 1 is 1.43 bits per heavy atom. The van der Waals surface area contributed by atoms with Gasteiger partial charge in [-0.1, -0.05) is 36.7 Å². The maximum Gasteiger partial charge on any atom is 0.186 e. The zero-order valence-electron chi connectivity index (χ0n) is 8.93. The third-order valence-corrected chi connectivity index (χ3v) is 3.89. The number of ketones is 1. The highest BCUT2D eigenvalue weighted by Crippen LogP contribution is 2.30. The van der Waals surface area contributed by atoms with Crippen molar-refractivity contribution < 1.29 is 4.79 Å². The fraction of sp³-hybridized carbons (Fsp3) is 0.545. The number of alkyl halides is 1. The van der Waals surface area contributed by atoms with Crippen molar-refractivity contribution in [2.45, 2.75) is 37.9 Å². The van der Waals surface area contributed by atoms with Crippen molar-refractivity contribution in [2.75, 3.05) is 0 Å². The van der Waals surface area contributed by atoms with Crippen LogP contribution in [0.1, 0.15) is 42.2 Å². The van der Waals surface area contributed by atoms with Crippen LogP contribution in [-0.2, 0) is 5.41 Å². The first-order chi connectivity index (χ1) is 6.32. The molecule has 0 saturated heterocycles. The molecule has 0 amide bonds. The SMILES string of the molecule is CC(Br)C(=O)c1ccc(C(C)(C)C)s1. The molecule has 0 fully saturated rings. The molecule has 0 aliphatic rings. The van der Waals surface area contributed by atoms with Gasteiger partial charge in [-0.15, -0.1) is 11.3 Å². The van der Waals surface area contributed by atoms with Gasteiger partial charge < -0.3 is 0 Å². The van der Waals surface area contributed by atoms with Gasteiger partial charge >= 0.3 is 0 Å². The molecule has 1 nitrogen and oxygen atoms in total. The van der Waals surface area contributed by atoms with Gasteiger partial charge in [-0.05, 0) is 24.5 Å². The standard InChI is InChI=1S/C11H15BrOS/c1-7(12)10(13)8-5-6-9(14-8)11(2,3)4/h5-7H,1-4H3. The molecule has 1 unspecified atom stereocenters. The molecular formula is C11H15BrOS. The zero-order valence-corrected chi connectivity index (χ0v) is 11.3. The Morgan fingerprint density at radius 2 is 2.00 bits per heavy atom. The van der Waals surface area contributed by atoms with E-state index in [1.54, 1.807) is 11.3 Å². The molecule has 0 saturated carbocycles. The molecule has 1 atom stereocenters. The van der Waals surface area contributed by atoms with Crippen LogP contribution in [0.5, 0.6) is 0 Å². The fourth-order valence-electron chi connectivity index (χ4n) is 1.07. The molecule has 0 aromatic carbocycles. The van der Waals surface area contributed by atoms with E-state index in [4.69, 9.17) is 0 Å². The second-order valence-electron chi connectivity index (χ2n) is 4.39. The van der Waals surface area contributed by atoms with E-state index in [1.165, 1.54) is 4.88 Å². The van der Waals surface area contributed by atoms with Crippen LogP contribution in [0.2, 0.25) is 0 Å². The molecule has 1 aromatic rings. The van der Waals surface area contributed by atoms with Crippen LogP contribution in [0.4, 0.5) is 0 Å². The topological polar surface area (TPSA) is 17.1 Å². The van der Waals surface area contributed by atoms with Crippen LogP contribution >= 0.6 is 27.3 Å². The summed E-state index contributed by atoms with van der Waals surface area (Å²) in [4.78, 5) is 13.7. The minimum absolute atomic E-state index is 0.0889. The summed E-state index contributed by atoms with van der Waals surface area (Å²) in [5.41, 5.74) is 0.138. The van der Waals surface area contributed by atoms with E-state index in [-0.39, 0.29) is 16.0 Å². The molecule has 1 rings (SSSR count). The maximum atomic E-state index is 11.6. The third-order valence-electron chi connectivity index (χ3n) is 1.95. The minimum atomic E-state index is -0.0889. The van der Waals surface area contributed by atoms with Crippen molar-refractivity contribution in [3.8, 4) is 0 Å². The minimum Gasteiger partial charge on any atom is -0.292 e. The molecule has 3 heteroatoms. The summed E-state index contributed by atoms with van der Waals surface area (Å²) in [6, 6.07) is 3.97. The number of carbonyl (C=O) groups is 1. The summed E-state index contributed by atoms with van der Waals surface area (Å²) >= 11 is 4.89. The van der Waals surface area contributed by atoms with Gasteiger partial charge in [0, 0.05) is 4.88 Å². The van der Waals surface area contributed by atoms with E-state index >= 15 is 0 Å². The lowest BCUT2D eigenvalue weighted by atomic mass is 9.95. The largest absolute Gasteiger partial charge is 0.292 e. The molecule has 0 aliphatic heterocycles. The van der Waals surface area contributed by atoms with Crippen LogP contribution in [-0.4, -0.2) is 10.6 Å². The van der Waals surface area contributed by atoms with E-state index < -0.39 is 0 Å². The molecule has 0 aliphatic carbocycles. The summed E-state index contributed by atoms with van der Waals surface area (Å²) in [5.74, 6) is 0.172. The van der Waals surface area contributed by atoms with Gasteiger partial charge in [0.05, 0.1) is 9.70 Å². The number of thiophene rings is 1. The second kappa shape index (κ2) is 4.15. The summed E-state index contributed by atoms with van der Waals surface area (Å²) in [5, 5.41) is 0. The summed E-state index contributed by atoms with van der Waals surface area (Å²) in [6.07, 6.45) is 0. The van der Waals surface area contributed by atoms with Crippen LogP contribution < -0.4 is 0 Å². The van der Waals surface area contributed by atoms with Crippen molar-refractivity contribution in [3.63, 3.8) is 0 Å². The van der Waals surface area contributed by atoms with Gasteiger partial charge in [0.25, 0.3) is 0 Å². The highest BCUT2D eigenvalue weighted by Gasteiger charge is 2.20. The number of Topliss-reactive ketones (excluding diaryl/α,β-unsaturated/α-hetero) is 1. The van der Waals surface area contributed by atoms with Crippen molar-refractivity contribution in [2.24, 2.45) is 0 Å². The first-order valence-corrected chi connectivity index (χ1v) is 6.34. The first kappa shape index (κ1) is 11.9. The maximum absolute atomic E-state index is 11.6. The van der Waals surface area contributed by atoms with Gasteiger partial charge in [0.15, 0.2) is 5.78 Å². The predicted octanol–water partition coefficient (Wildman–Crippen LogP) is 4.01. The molecular weight excluding hydrogens is 260 g/mol. The fourth-order valence-corrected chi connectivity index (χ4v) is 2.56. The van der Waals surface area contributed by atoms with Crippen LogP contribution in [0, 0.1) is 0 Å². The van der Waals surface area contributed by atoms with Crippen molar-refractivity contribution in [1.29, 1.82) is 0 Å². The number of hydrogen-bond donors (Lipinski definition) is 0. The van der Waals surface area contributed by atoms with Crippen molar-refractivity contribution >= 4 is 33.0 Å². The zero-order chi connectivity index (χ0) is 10.9. The van der Waals surface area contributed by atoms with E-state index in [0.717, 1.165) is 4.88 Å². The number of carbonyl (C=O) groups excluding carboxylic acids is 1. The second-order valence-corrected chi connectivity index (χ2v) is 6.85. The van der Waals surface area contributed by atoms with Crippen LogP contribution in [0.25, 0.3) is 0 Å². The Bertz CT molecular complexity index is 333. The normalized spacial score (nSPS) is 14.1. The lowest BCUT2D eigenvalue weighted by Crippen LogP contribution is -2.09. The van der Waals surface area contributed by atoms with Gasteiger partial charge in [-0.25, -0.2) is 0 Å². The van der Waals surface area contributed by atoms with Gasteiger partial charge in [0.2, 0.25) is 0 Å². The summed E-state index contributed by atoms with van der Waals surface area (Å²) < 4.78 is 0. The molecule has 0 bridgehead atoms. The highest BCUT2D eigenvalue weighted by molar-refractivity contribution is 9.10. The molecule has 0 N–H and O–H groups in total. The van der Waals surface area contributed by atoms with Crippen LogP contribution in [0.3, 0.4) is 0 Å². The van der Waals surface area contributed by atoms with Crippen molar-refractivity contribution in [3.05, 3.63) is 21.9 Å². The van der Waals surface area contributed by atoms with Gasteiger partial charge in [-0.2, -0.15) is 0 Å². The van der Waals surface area contributed by atoms with Gasteiger partial charge in [-0.3, -0.25) is 4.79 Å². The lowest BCUT2D eigenvalue weighted by molar-refractivity contribution is 0.0999. The third kappa shape index (κ3) is 2.67. The summed E-state index contributed by atoms with van der Waals surface area (Å²) in [7, 11) is 0. The smallest absolute Gasteiger partial charge is 0.186 e. The molecule has 14 heavy (non-hydrogen) atoms. The number of rotatable bonds is 2.